The van der Waals surface area contributed by atoms with Gasteiger partial charge in [-0.1, -0.05) is 12.2 Å². The van der Waals surface area contributed by atoms with Gasteiger partial charge in [-0.05, 0) is 24.0 Å². The maximum atomic E-state index is 11.0. The second-order valence-corrected chi connectivity index (χ2v) is 3.40. The Labute approximate surface area is 71.0 Å². The molecule has 0 aliphatic heterocycles. The predicted molar refractivity (Wildman–Crippen MR) is 44.5 cm³/mol. The molecule has 2 heteroatoms. The Hall–Kier alpha value is -1.18. The number of rotatable bonds is 0. The van der Waals surface area contributed by atoms with Gasteiger partial charge in [0.2, 0.25) is 0 Å². The van der Waals surface area contributed by atoms with Gasteiger partial charge in [0.05, 0.1) is 0 Å². The van der Waals surface area contributed by atoms with Crippen LogP contribution in [0.15, 0.2) is 24.3 Å². The van der Waals surface area contributed by atoms with E-state index in [1.807, 2.05) is 12.2 Å². The van der Waals surface area contributed by atoms with Gasteiger partial charge in [0.25, 0.3) is 0 Å². The number of hydrogen-bond acceptors (Lipinski definition) is 2. The summed E-state index contributed by atoms with van der Waals surface area (Å²) in [5.41, 5.74) is 0. The minimum atomic E-state index is 0.152. The Morgan fingerprint density at radius 3 is 2.00 bits per heavy atom. The quantitative estimate of drug-likeness (QED) is 0.537. The molecule has 0 amide bonds. The third kappa shape index (κ3) is 1.24. The molecule has 0 radical (unpaired) electrons. The largest absolute Gasteiger partial charge is 0.295 e. The lowest BCUT2D eigenvalue weighted by Gasteiger charge is -2.26. The van der Waals surface area contributed by atoms with Crippen molar-refractivity contribution in [1.82, 2.24) is 0 Å². The summed E-state index contributed by atoms with van der Waals surface area (Å²) < 4.78 is 0. The lowest BCUT2D eigenvalue weighted by Crippen LogP contribution is -2.24. The van der Waals surface area contributed by atoms with Crippen LogP contribution in [0.5, 0.6) is 0 Å². The fourth-order valence-corrected chi connectivity index (χ4v) is 1.81. The highest BCUT2D eigenvalue weighted by atomic mass is 16.1. The zero-order valence-electron chi connectivity index (χ0n) is 6.69. The first-order valence-electron chi connectivity index (χ1n) is 4.18. The van der Waals surface area contributed by atoms with Crippen LogP contribution in [0.3, 0.4) is 0 Å². The number of fused-ring (bicyclic) bond motifs is 1. The molecule has 0 aromatic rings. The predicted octanol–water partition coefficient (Wildman–Crippen LogP) is 1.28. The van der Waals surface area contributed by atoms with Gasteiger partial charge in [0, 0.05) is 12.8 Å². The maximum absolute atomic E-state index is 11.0. The van der Waals surface area contributed by atoms with Gasteiger partial charge in [0.1, 0.15) is 0 Å². The normalized spacial score (nSPS) is 33.7. The van der Waals surface area contributed by atoms with E-state index in [0.29, 0.717) is 18.8 Å². The van der Waals surface area contributed by atoms with E-state index in [4.69, 9.17) is 0 Å². The molecule has 0 heterocycles. The highest BCUT2D eigenvalue weighted by Gasteiger charge is 2.27. The number of allylic oxidation sites excluding steroid dienone is 4. The lowest BCUT2D eigenvalue weighted by molar-refractivity contribution is -0.118. The Balaban J connectivity index is 2.25. The molecule has 0 aromatic heterocycles. The Morgan fingerprint density at radius 2 is 1.50 bits per heavy atom. The summed E-state index contributed by atoms with van der Waals surface area (Å²) in [7, 11) is 0. The van der Waals surface area contributed by atoms with E-state index in [-0.39, 0.29) is 17.5 Å². The third-order valence-corrected chi connectivity index (χ3v) is 2.48. The Bertz CT molecular complexity index is 258. The van der Waals surface area contributed by atoms with E-state index in [1.54, 1.807) is 12.2 Å². The monoisotopic (exact) mass is 162 g/mol. The molecule has 0 N–H and O–H groups in total. The molecule has 0 saturated heterocycles. The number of carbonyl (C=O) groups excluding carboxylic acids is 2. The van der Waals surface area contributed by atoms with Crippen LogP contribution in [0.2, 0.25) is 0 Å². The lowest BCUT2D eigenvalue weighted by atomic mass is 9.77. The van der Waals surface area contributed by atoms with E-state index in [9.17, 15) is 9.59 Å². The fourth-order valence-electron chi connectivity index (χ4n) is 1.81. The summed E-state index contributed by atoms with van der Waals surface area (Å²) in [6.45, 7) is 0. The minimum Gasteiger partial charge on any atom is -0.295 e. The number of hydrogen-bond donors (Lipinski definition) is 0. The van der Waals surface area contributed by atoms with Gasteiger partial charge in [-0.3, -0.25) is 9.59 Å². The van der Waals surface area contributed by atoms with Crippen molar-refractivity contribution in [2.75, 3.05) is 0 Å². The maximum Gasteiger partial charge on any atom is 0.155 e. The molecule has 0 atom stereocenters. The molecular formula is C10H10O2. The Kier molecular flexibility index (Phi) is 1.68. The average Bonchev–Trinajstić information content (AvgIpc) is 2.03. The molecule has 0 spiro atoms. The first kappa shape index (κ1) is 7.47. The summed E-state index contributed by atoms with van der Waals surface area (Å²) in [4.78, 5) is 22.0. The number of carbonyl (C=O) groups is 2. The van der Waals surface area contributed by atoms with Gasteiger partial charge < -0.3 is 0 Å². The summed E-state index contributed by atoms with van der Waals surface area (Å²) in [6.07, 6.45) is 8.13. The molecule has 2 rings (SSSR count). The van der Waals surface area contributed by atoms with Gasteiger partial charge in [-0.15, -0.1) is 0 Å². The van der Waals surface area contributed by atoms with Crippen molar-refractivity contribution in [3.8, 4) is 0 Å². The van der Waals surface area contributed by atoms with Crippen molar-refractivity contribution >= 4 is 11.6 Å². The fraction of sp³-hybridized carbons (Fsp3) is 0.400. The van der Waals surface area contributed by atoms with E-state index in [0.717, 1.165) is 0 Å². The molecule has 0 fully saturated rings. The molecule has 0 bridgehead atoms. The van der Waals surface area contributed by atoms with E-state index in [1.165, 1.54) is 0 Å². The van der Waals surface area contributed by atoms with Gasteiger partial charge >= 0.3 is 0 Å². The molecule has 12 heavy (non-hydrogen) atoms. The van der Waals surface area contributed by atoms with Crippen LogP contribution in [0.4, 0.5) is 0 Å². The molecule has 2 aliphatic rings. The smallest absolute Gasteiger partial charge is 0.155 e. The van der Waals surface area contributed by atoms with Crippen LogP contribution in [0.1, 0.15) is 12.8 Å². The SMILES string of the molecule is O=C1C=CC2C=CC(=O)CC2C1. The minimum absolute atomic E-state index is 0.152. The zero-order chi connectivity index (χ0) is 8.55. The van der Waals surface area contributed by atoms with Crippen LogP contribution in [0.25, 0.3) is 0 Å². The van der Waals surface area contributed by atoms with E-state index < -0.39 is 0 Å². The second kappa shape index (κ2) is 2.70. The van der Waals surface area contributed by atoms with Crippen LogP contribution < -0.4 is 0 Å². The molecule has 0 aromatic carbocycles. The standard InChI is InChI=1S/C10H10O2/c11-9-3-1-7-2-4-10(12)6-8(7)5-9/h1-4,7-8H,5-6H2. The van der Waals surface area contributed by atoms with Crippen LogP contribution in [0, 0.1) is 11.8 Å². The van der Waals surface area contributed by atoms with E-state index >= 15 is 0 Å². The average molecular weight is 162 g/mol. The van der Waals surface area contributed by atoms with E-state index in [2.05, 4.69) is 0 Å². The zero-order valence-corrected chi connectivity index (χ0v) is 6.69. The molecule has 0 unspecified atom stereocenters. The van der Waals surface area contributed by atoms with Crippen LogP contribution in [-0.2, 0) is 9.59 Å². The molecule has 62 valence electrons. The van der Waals surface area contributed by atoms with Crippen molar-refractivity contribution < 1.29 is 9.59 Å². The van der Waals surface area contributed by atoms with Crippen molar-refractivity contribution in [2.24, 2.45) is 11.8 Å². The van der Waals surface area contributed by atoms with Crippen molar-refractivity contribution in [2.45, 2.75) is 12.8 Å². The van der Waals surface area contributed by atoms with Gasteiger partial charge in [-0.2, -0.15) is 0 Å². The van der Waals surface area contributed by atoms with Crippen LogP contribution >= 0.6 is 0 Å². The number of ketones is 2. The third-order valence-electron chi connectivity index (χ3n) is 2.48. The first-order valence-corrected chi connectivity index (χ1v) is 4.18. The topological polar surface area (TPSA) is 34.1 Å². The van der Waals surface area contributed by atoms with Crippen LogP contribution in [-0.4, -0.2) is 11.6 Å². The molecule has 2 aliphatic carbocycles. The highest BCUT2D eigenvalue weighted by Crippen LogP contribution is 2.30. The van der Waals surface area contributed by atoms with Crippen molar-refractivity contribution in [3.05, 3.63) is 24.3 Å². The summed E-state index contributed by atoms with van der Waals surface area (Å²) in [5.74, 6) is 0.860. The van der Waals surface area contributed by atoms with Gasteiger partial charge in [0.15, 0.2) is 11.6 Å². The first-order chi connectivity index (χ1) is 5.75. The molecular weight excluding hydrogens is 152 g/mol. The summed E-state index contributed by atoms with van der Waals surface area (Å²) in [6, 6.07) is 0. The van der Waals surface area contributed by atoms with Crippen molar-refractivity contribution in [1.29, 1.82) is 0 Å². The van der Waals surface area contributed by atoms with Gasteiger partial charge in [-0.25, -0.2) is 0 Å². The highest BCUT2D eigenvalue weighted by molar-refractivity contribution is 5.94. The Morgan fingerprint density at radius 1 is 1.00 bits per heavy atom. The molecule has 0 saturated carbocycles. The molecule has 2 nitrogen and oxygen atoms in total. The van der Waals surface area contributed by atoms with Crippen molar-refractivity contribution in [3.63, 3.8) is 0 Å². The summed E-state index contributed by atoms with van der Waals surface area (Å²) in [5, 5.41) is 0. The summed E-state index contributed by atoms with van der Waals surface area (Å²) >= 11 is 0. The second-order valence-electron chi connectivity index (χ2n) is 3.40.